The maximum absolute atomic E-state index is 12.0. The van der Waals surface area contributed by atoms with E-state index in [9.17, 15) is 4.79 Å². The molecule has 0 saturated heterocycles. The molecule has 3 rings (SSSR count). The molecule has 0 unspecified atom stereocenters. The summed E-state index contributed by atoms with van der Waals surface area (Å²) in [5.74, 6) is 2.19. The van der Waals surface area contributed by atoms with Crippen LogP contribution >= 0.6 is 0 Å². The van der Waals surface area contributed by atoms with Crippen LogP contribution in [0.1, 0.15) is 31.2 Å². The highest BCUT2D eigenvalue weighted by Gasteiger charge is 2.42. The molecule has 3 nitrogen and oxygen atoms in total. The monoisotopic (exact) mass is 230 g/mol. The molecule has 90 valence electrons. The van der Waals surface area contributed by atoms with Crippen LogP contribution in [0.5, 0.6) is 0 Å². The predicted octanol–water partition coefficient (Wildman–Crippen LogP) is 2.76. The van der Waals surface area contributed by atoms with E-state index in [4.69, 9.17) is 0 Å². The number of carbonyl (C=O) groups excluding carboxylic acids is 1. The Morgan fingerprint density at radius 3 is 2.76 bits per heavy atom. The number of hydrogen-bond acceptors (Lipinski definition) is 2. The molecule has 0 spiro atoms. The third kappa shape index (κ3) is 2.19. The first-order valence-corrected chi connectivity index (χ1v) is 6.45. The Morgan fingerprint density at radius 1 is 1.35 bits per heavy atom. The minimum Gasteiger partial charge on any atom is -0.324 e. The summed E-state index contributed by atoms with van der Waals surface area (Å²) >= 11 is 0. The highest BCUT2D eigenvalue weighted by atomic mass is 16.1. The topological polar surface area (TPSA) is 42.0 Å². The molecule has 2 saturated carbocycles. The van der Waals surface area contributed by atoms with Crippen LogP contribution in [0, 0.1) is 24.7 Å². The van der Waals surface area contributed by atoms with E-state index in [1.54, 1.807) is 12.4 Å². The molecule has 17 heavy (non-hydrogen) atoms. The van der Waals surface area contributed by atoms with Crippen LogP contribution in [0.15, 0.2) is 18.5 Å². The second-order valence-corrected chi connectivity index (χ2v) is 5.45. The van der Waals surface area contributed by atoms with E-state index in [1.165, 1.54) is 12.8 Å². The number of carbonyl (C=O) groups is 1. The van der Waals surface area contributed by atoms with Crippen LogP contribution in [-0.4, -0.2) is 10.9 Å². The number of aromatic nitrogens is 1. The van der Waals surface area contributed by atoms with Crippen LogP contribution in [0.3, 0.4) is 0 Å². The molecule has 1 aromatic heterocycles. The summed E-state index contributed by atoms with van der Waals surface area (Å²) in [5, 5.41) is 2.99. The van der Waals surface area contributed by atoms with Gasteiger partial charge in [-0.2, -0.15) is 0 Å². The highest BCUT2D eigenvalue weighted by Crippen LogP contribution is 2.49. The lowest BCUT2D eigenvalue weighted by atomic mass is 9.72. The second kappa shape index (κ2) is 4.13. The molecular weight excluding hydrogens is 212 g/mol. The van der Waals surface area contributed by atoms with Gasteiger partial charge >= 0.3 is 0 Å². The maximum Gasteiger partial charge on any atom is 0.227 e. The minimum absolute atomic E-state index is 0.179. The van der Waals surface area contributed by atoms with Crippen molar-refractivity contribution in [1.29, 1.82) is 0 Å². The summed E-state index contributed by atoms with van der Waals surface area (Å²) in [7, 11) is 0. The lowest BCUT2D eigenvalue weighted by molar-refractivity contribution is -0.124. The van der Waals surface area contributed by atoms with Gasteiger partial charge in [0.15, 0.2) is 0 Å². The summed E-state index contributed by atoms with van der Waals surface area (Å²) < 4.78 is 0. The fourth-order valence-corrected chi connectivity index (χ4v) is 2.66. The summed E-state index contributed by atoms with van der Waals surface area (Å²) in [6.07, 6.45) is 8.44. The Labute approximate surface area is 102 Å². The zero-order valence-corrected chi connectivity index (χ0v) is 10.1. The van der Waals surface area contributed by atoms with Gasteiger partial charge in [-0.25, -0.2) is 0 Å². The van der Waals surface area contributed by atoms with E-state index in [2.05, 4.69) is 10.3 Å². The Bertz CT molecular complexity index is 434. The summed E-state index contributed by atoms with van der Waals surface area (Å²) in [5.41, 5.74) is 1.93. The van der Waals surface area contributed by atoms with Crippen molar-refractivity contribution >= 4 is 11.6 Å². The third-order valence-corrected chi connectivity index (χ3v) is 4.13. The van der Waals surface area contributed by atoms with Gasteiger partial charge in [0.1, 0.15) is 0 Å². The first-order chi connectivity index (χ1) is 8.24. The first kappa shape index (κ1) is 10.8. The number of hydrogen-bond donors (Lipinski definition) is 1. The molecule has 0 radical (unpaired) electrons. The smallest absolute Gasteiger partial charge is 0.227 e. The molecule has 2 aliphatic rings. The second-order valence-electron chi connectivity index (χ2n) is 5.45. The normalized spacial score (nSPS) is 27.4. The predicted molar refractivity (Wildman–Crippen MR) is 66.5 cm³/mol. The van der Waals surface area contributed by atoms with Crippen LogP contribution in [0.4, 0.5) is 5.69 Å². The van der Waals surface area contributed by atoms with Crippen molar-refractivity contribution in [2.75, 3.05) is 5.32 Å². The number of amides is 1. The van der Waals surface area contributed by atoms with Crippen molar-refractivity contribution in [3.05, 3.63) is 24.0 Å². The van der Waals surface area contributed by atoms with Gasteiger partial charge in [0, 0.05) is 12.1 Å². The average Bonchev–Trinajstić information content (AvgIpc) is 3.03. The zero-order chi connectivity index (χ0) is 11.8. The van der Waals surface area contributed by atoms with E-state index in [0.717, 1.165) is 35.9 Å². The van der Waals surface area contributed by atoms with Gasteiger partial charge in [0.05, 0.1) is 11.9 Å². The highest BCUT2D eigenvalue weighted by molar-refractivity contribution is 5.93. The van der Waals surface area contributed by atoms with Crippen LogP contribution in [0.25, 0.3) is 0 Å². The summed E-state index contributed by atoms with van der Waals surface area (Å²) in [4.78, 5) is 16.0. The van der Waals surface area contributed by atoms with E-state index in [1.807, 2.05) is 13.0 Å². The van der Waals surface area contributed by atoms with Crippen molar-refractivity contribution in [2.45, 2.75) is 32.6 Å². The number of pyridine rings is 1. The molecular formula is C14H18N2O. The molecule has 1 aromatic rings. The number of aryl methyl sites for hydroxylation is 1. The van der Waals surface area contributed by atoms with Gasteiger partial charge in [-0.1, -0.05) is 0 Å². The van der Waals surface area contributed by atoms with Crippen LogP contribution in [0.2, 0.25) is 0 Å². The molecule has 0 bridgehead atoms. The Hall–Kier alpha value is -1.38. The van der Waals surface area contributed by atoms with Gasteiger partial charge in [-0.3, -0.25) is 9.78 Å². The van der Waals surface area contributed by atoms with Crippen molar-refractivity contribution in [3.8, 4) is 0 Å². The molecule has 1 heterocycles. The van der Waals surface area contributed by atoms with Gasteiger partial charge in [0.2, 0.25) is 5.91 Å². The van der Waals surface area contributed by atoms with Crippen molar-refractivity contribution in [1.82, 2.24) is 4.98 Å². The Balaban J connectivity index is 1.55. The first-order valence-electron chi connectivity index (χ1n) is 6.45. The molecule has 2 aliphatic carbocycles. The van der Waals surface area contributed by atoms with Gasteiger partial charge in [-0.15, -0.1) is 0 Å². The third-order valence-electron chi connectivity index (χ3n) is 4.13. The SMILES string of the molecule is Cc1ccncc1NC(=O)C1CC(C2CC2)C1. The van der Waals surface area contributed by atoms with Crippen molar-refractivity contribution in [3.63, 3.8) is 0 Å². The molecule has 3 heteroatoms. The molecule has 0 aromatic carbocycles. The van der Waals surface area contributed by atoms with Gasteiger partial charge in [-0.05, 0) is 56.1 Å². The van der Waals surface area contributed by atoms with E-state index < -0.39 is 0 Å². The zero-order valence-electron chi connectivity index (χ0n) is 10.1. The average molecular weight is 230 g/mol. The quantitative estimate of drug-likeness (QED) is 0.867. The maximum atomic E-state index is 12.0. The fourth-order valence-electron chi connectivity index (χ4n) is 2.66. The van der Waals surface area contributed by atoms with Crippen LogP contribution < -0.4 is 5.32 Å². The lowest BCUT2D eigenvalue weighted by Gasteiger charge is -2.34. The van der Waals surface area contributed by atoms with E-state index in [-0.39, 0.29) is 11.8 Å². The van der Waals surface area contributed by atoms with Gasteiger partial charge in [0.25, 0.3) is 0 Å². The molecule has 1 N–H and O–H groups in total. The molecule has 0 atom stereocenters. The molecule has 0 aliphatic heterocycles. The lowest BCUT2D eigenvalue weighted by Crippen LogP contribution is -2.35. The largest absolute Gasteiger partial charge is 0.324 e. The van der Waals surface area contributed by atoms with E-state index in [0.29, 0.717) is 0 Å². The Kier molecular flexibility index (Phi) is 2.61. The summed E-state index contributed by atoms with van der Waals surface area (Å²) in [6.45, 7) is 1.99. The number of rotatable bonds is 3. The van der Waals surface area contributed by atoms with Crippen molar-refractivity contribution in [2.24, 2.45) is 17.8 Å². The Morgan fingerprint density at radius 2 is 2.12 bits per heavy atom. The van der Waals surface area contributed by atoms with E-state index >= 15 is 0 Å². The summed E-state index contributed by atoms with van der Waals surface area (Å²) in [6, 6.07) is 1.92. The standard InChI is InChI=1S/C14H18N2O/c1-9-4-5-15-8-13(9)16-14(17)12-6-11(7-12)10-2-3-10/h4-5,8,10-12H,2-3,6-7H2,1H3,(H,16,17). The number of anilines is 1. The molecule has 1 amide bonds. The fraction of sp³-hybridized carbons (Fsp3) is 0.571. The number of nitrogens with zero attached hydrogens (tertiary/aromatic N) is 1. The van der Waals surface area contributed by atoms with Crippen LogP contribution in [-0.2, 0) is 4.79 Å². The number of nitrogens with one attached hydrogen (secondary N) is 1. The molecule has 2 fully saturated rings. The van der Waals surface area contributed by atoms with Gasteiger partial charge < -0.3 is 5.32 Å². The minimum atomic E-state index is 0.179. The van der Waals surface area contributed by atoms with Crippen molar-refractivity contribution < 1.29 is 4.79 Å².